The van der Waals surface area contributed by atoms with E-state index in [4.69, 9.17) is 0 Å². The second-order valence-corrected chi connectivity index (χ2v) is 4.73. The van der Waals surface area contributed by atoms with Gasteiger partial charge in [0.2, 0.25) is 0 Å². The van der Waals surface area contributed by atoms with Crippen LogP contribution in [-0.4, -0.2) is 38.8 Å². The van der Waals surface area contributed by atoms with Gasteiger partial charge in [-0.2, -0.15) is 0 Å². The fourth-order valence-electron chi connectivity index (χ4n) is 1.88. The van der Waals surface area contributed by atoms with Gasteiger partial charge in [0.05, 0.1) is 12.6 Å². The molecular weight excluding hydrogens is 232 g/mol. The minimum absolute atomic E-state index is 0.157. The molecule has 1 amide bonds. The van der Waals surface area contributed by atoms with Crippen molar-refractivity contribution in [1.29, 1.82) is 0 Å². The van der Waals surface area contributed by atoms with Crippen LogP contribution in [0.5, 0.6) is 0 Å². The van der Waals surface area contributed by atoms with Crippen LogP contribution < -0.4 is 0 Å². The van der Waals surface area contributed by atoms with Crippen LogP contribution in [0, 0.1) is 5.92 Å². The van der Waals surface area contributed by atoms with E-state index in [1.165, 1.54) is 4.90 Å². The van der Waals surface area contributed by atoms with Gasteiger partial charge in [-0.05, 0) is 30.0 Å². The number of aliphatic hydroxyl groups is 1. The highest BCUT2D eigenvalue weighted by atomic mass is 16.4. The normalized spacial score (nSPS) is 12.4. The summed E-state index contributed by atoms with van der Waals surface area (Å²) in [5.41, 5.74) is 0.870. The van der Waals surface area contributed by atoms with E-state index in [1.54, 1.807) is 24.5 Å². The van der Waals surface area contributed by atoms with Crippen molar-refractivity contribution in [2.75, 3.05) is 6.61 Å². The number of carbonyl (C=O) groups is 1. The van der Waals surface area contributed by atoms with Crippen LogP contribution in [0.3, 0.4) is 0 Å². The highest BCUT2D eigenvalue weighted by Gasteiger charge is 2.23. The van der Waals surface area contributed by atoms with Crippen molar-refractivity contribution < 1.29 is 15.0 Å². The minimum Gasteiger partial charge on any atom is -0.465 e. The number of hydrogen-bond donors (Lipinski definition) is 2. The average molecular weight is 252 g/mol. The van der Waals surface area contributed by atoms with Crippen LogP contribution in [-0.2, 0) is 6.54 Å². The van der Waals surface area contributed by atoms with Crippen molar-refractivity contribution in [3.8, 4) is 0 Å². The van der Waals surface area contributed by atoms with Gasteiger partial charge in [-0.15, -0.1) is 0 Å². The molecule has 0 aliphatic heterocycles. The van der Waals surface area contributed by atoms with Gasteiger partial charge >= 0.3 is 6.09 Å². The van der Waals surface area contributed by atoms with Gasteiger partial charge in [-0.3, -0.25) is 9.88 Å². The lowest BCUT2D eigenvalue weighted by Gasteiger charge is -2.29. The summed E-state index contributed by atoms with van der Waals surface area (Å²) in [6.07, 6.45) is 2.90. The van der Waals surface area contributed by atoms with Crippen LogP contribution in [0.25, 0.3) is 0 Å². The molecule has 0 saturated carbocycles. The molecule has 2 N–H and O–H groups in total. The summed E-state index contributed by atoms with van der Waals surface area (Å²) in [4.78, 5) is 16.5. The SMILES string of the molecule is CC(C)C[C@H](CO)N(Cc1ccncc1)C(=O)O. The Morgan fingerprint density at radius 3 is 2.44 bits per heavy atom. The lowest BCUT2D eigenvalue weighted by atomic mass is 10.0. The maximum absolute atomic E-state index is 11.3. The molecule has 5 nitrogen and oxygen atoms in total. The predicted molar refractivity (Wildman–Crippen MR) is 68.1 cm³/mol. The monoisotopic (exact) mass is 252 g/mol. The smallest absolute Gasteiger partial charge is 0.407 e. The molecule has 0 radical (unpaired) electrons. The predicted octanol–water partition coefficient (Wildman–Crippen LogP) is 1.97. The molecule has 0 bridgehead atoms. The van der Waals surface area contributed by atoms with Crippen molar-refractivity contribution in [1.82, 2.24) is 9.88 Å². The van der Waals surface area contributed by atoms with E-state index in [2.05, 4.69) is 4.98 Å². The first-order valence-electron chi connectivity index (χ1n) is 6.04. The fraction of sp³-hybridized carbons (Fsp3) is 0.538. The number of pyridine rings is 1. The zero-order valence-corrected chi connectivity index (χ0v) is 10.8. The van der Waals surface area contributed by atoms with Crippen LogP contribution in [0.4, 0.5) is 4.79 Å². The topological polar surface area (TPSA) is 73.7 Å². The van der Waals surface area contributed by atoms with E-state index in [1.807, 2.05) is 13.8 Å². The fourth-order valence-corrected chi connectivity index (χ4v) is 1.88. The van der Waals surface area contributed by atoms with Gasteiger partial charge in [-0.1, -0.05) is 13.8 Å². The highest BCUT2D eigenvalue weighted by Crippen LogP contribution is 2.15. The van der Waals surface area contributed by atoms with Crippen LogP contribution >= 0.6 is 0 Å². The number of rotatable bonds is 6. The molecule has 100 valence electrons. The second-order valence-electron chi connectivity index (χ2n) is 4.73. The molecule has 1 aromatic rings. The molecule has 18 heavy (non-hydrogen) atoms. The first-order chi connectivity index (χ1) is 8.54. The molecule has 0 unspecified atom stereocenters. The van der Waals surface area contributed by atoms with E-state index < -0.39 is 6.09 Å². The van der Waals surface area contributed by atoms with Gasteiger partial charge in [0, 0.05) is 18.9 Å². The van der Waals surface area contributed by atoms with Crippen molar-refractivity contribution >= 4 is 6.09 Å². The molecule has 1 heterocycles. The van der Waals surface area contributed by atoms with E-state index in [0.717, 1.165) is 5.56 Å². The molecule has 0 aliphatic rings. The van der Waals surface area contributed by atoms with Crippen molar-refractivity contribution in [3.05, 3.63) is 30.1 Å². The minimum atomic E-state index is -1.01. The number of aromatic nitrogens is 1. The summed E-state index contributed by atoms with van der Waals surface area (Å²) in [7, 11) is 0. The standard InChI is InChI=1S/C13H20N2O3/c1-10(2)7-12(9-16)15(13(17)18)8-11-3-5-14-6-4-11/h3-6,10,12,16H,7-9H2,1-2H3,(H,17,18)/t12-/m1/s1. The first kappa shape index (κ1) is 14.4. The first-order valence-corrected chi connectivity index (χ1v) is 6.04. The molecular formula is C13H20N2O3. The van der Waals surface area contributed by atoms with E-state index >= 15 is 0 Å². The van der Waals surface area contributed by atoms with Gasteiger partial charge in [-0.25, -0.2) is 4.79 Å². The molecule has 1 rings (SSSR count). The number of carboxylic acid groups (broad SMARTS) is 1. The number of hydrogen-bond acceptors (Lipinski definition) is 3. The molecule has 5 heteroatoms. The summed E-state index contributed by atoms with van der Waals surface area (Å²) in [6, 6.07) is 3.19. The molecule has 0 spiro atoms. The maximum atomic E-state index is 11.3. The molecule has 0 aliphatic carbocycles. The third-order valence-electron chi connectivity index (χ3n) is 2.74. The van der Waals surface area contributed by atoms with Gasteiger partial charge in [0.1, 0.15) is 0 Å². The van der Waals surface area contributed by atoms with Crippen LogP contribution in [0.2, 0.25) is 0 Å². The maximum Gasteiger partial charge on any atom is 0.407 e. The Labute approximate surface area is 107 Å². The number of nitrogens with zero attached hydrogens (tertiary/aromatic N) is 2. The molecule has 0 saturated heterocycles. The summed E-state index contributed by atoms with van der Waals surface area (Å²) >= 11 is 0. The Bertz CT molecular complexity index is 368. The molecule has 0 aromatic carbocycles. The summed E-state index contributed by atoms with van der Waals surface area (Å²) in [5.74, 6) is 0.335. The Morgan fingerprint density at radius 2 is 2.00 bits per heavy atom. The largest absolute Gasteiger partial charge is 0.465 e. The van der Waals surface area contributed by atoms with Gasteiger partial charge in [0.15, 0.2) is 0 Å². The third kappa shape index (κ3) is 4.33. The molecule has 1 aromatic heterocycles. The Kier molecular flexibility index (Phi) is 5.58. The van der Waals surface area contributed by atoms with E-state index in [0.29, 0.717) is 12.3 Å². The Morgan fingerprint density at radius 1 is 1.39 bits per heavy atom. The van der Waals surface area contributed by atoms with Crippen molar-refractivity contribution in [2.45, 2.75) is 32.9 Å². The number of amides is 1. The van der Waals surface area contributed by atoms with Gasteiger partial charge < -0.3 is 10.2 Å². The van der Waals surface area contributed by atoms with Crippen LogP contribution in [0.1, 0.15) is 25.8 Å². The Balaban J connectivity index is 2.78. The lowest BCUT2D eigenvalue weighted by molar-refractivity contribution is 0.0843. The number of aliphatic hydroxyl groups excluding tert-OH is 1. The van der Waals surface area contributed by atoms with Crippen molar-refractivity contribution in [3.63, 3.8) is 0 Å². The summed E-state index contributed by atoms with van der Waals surface area (Å²) in [5, 5.41) is 18.6. The molecule has 1 atom stereocenters. The zero-order chi connectivity index (χ0) is 13.5. The molecule has 0 fully saturated rings. The lowest BCUT2D eigenvalue weighted by Crippen LogP contribution is -2.42. The average Bonchev–Trinajstić information content (AvgIpc) is 2.34. The van der Waals surface area contributed by atoms with E-state index in [-0.39, 0.29) is 19.2 Å². The summed E-state index contributed by atoms with van der Waals surface area (Å²) in [6.45, 7) is 4.13. The van der Waals surface area contributed by atoms with Crippen molar-refractivity contribution in [2.24, 2.45) is 5.92 Å². The van der Waals surface area contributed by atoms with E-state index in [9.17, 15) is 15.0 Å². The van der Waals surface area contributed by atoms with Gasteiger partial charge in [0.25, 0.3) is 0 Å². The summed E-state index contributed by atoms with van der Waals surface area (Å²) < 4.78 is 0. The quantitative estimate of drug-likeness (QED) is 0.811. The zero-order valence-electron chi connectivity index (χ0n) is 10.8. The third-order valence-corrected chi connectivity index (χ3v) is 2.74. The highest BCUT2D eigenvalue weighted by molar-refractivity contribution is 5.65. The van der Waals surface area contributed by atoms with Crippen LogP contribution in [0.15, 0.2) is 24.5 Å². The Hall–Kier alpha value is -1.62. The second kappa shape index (κ2) is 6.96.